The molecular weight excluding hydrogens is 489 g/mol. The number of benzene rings is 1. The van der Waals surface area contributed by atoms with Crippen molar-refractivity contribution in [1.29, 1.82) is 0 Å². The Labute approximate surface area is 219 Å². The Bertz CT molecular complexity index is 1510. The van der Waals surface area contributed by atoms with Crippen molar-refractivity contribution < 1.29 is 18.7 Å². The highest BCUT2D eigenvalue weighted by Crippen LogP contribution is 2.39. The largest absolute Gasteiger partial charge is 0.494 e. The smallest absolute Gasteiger partial charge is 0.184 e. The first-order valence-electron chi connectivity index (χ1n) is 12.9. The second kappa shape index (κ2) is 9.79. The Kier molecular flexibility index (Phi) is 6.30. The van der Waals surface area contributed by atoms with E-state index in [1.807, 2.05) is 42.8 Å². The van der Waals surface area contributed by atoms with Crippen molar-refractivity contribution in [3.8, 4) is 17.1 Å². The molecule has 1 N–H and O–H groups in total. The second-order valence-electron chi connectivity index (χ2n) is 9.94. The molecule has 0 bridgehead atoms. The molecule has 3 atom stereocenters. The van der Waals surface area contributed by atoms with Crippen LogP contribution < -0.4 is 10.1 Å². The van der Waals surface area contributed by atoms with E-state index in [-0.39, 0.29) is 18.4 Å². The summed E-state index contributed by atoms with van der Waals surface area (Å²) in [5, 5.41) is 7.88. The fraction of sp³-hybridized carbons (Fsp3) is 0.444. The number of methoxy groups -OCH3 is 1. The number of fused-ring (bicyclic) bond motifs is 1. The zero-order chi connectivity index (χ0) is 26.4. The Morgan fingerprint density at radius 3 is 2.79 bits per heavy atom. The highest BCUT2D eigenvalue weighted by atomic mass is 19.1. The van der Waals surface area contributed by atoms with Crippen LogP contribution in [0.5, 0.6) is 5.75 Å². The van der Waals surface area contributed by atoms with E-state index in [1.165, 1.54) is 0 Å². The zero-order valence-electron chi connectivity index (χ0n) is 21.6. The average Bonchev–Trinajstić information content (AvgIpc) is 3.33. The first-order valence-corrected chi connectivity index (χ1v) is 12.9. The van der Waals surface area contributed by atoms with Crippen molar-refractivity contribution in [2.75, 3.05) is 19.0 Å². The molecule has 4 heterocycles. The van der Waals surface area contributed by atoms with Crippen LogP contribution in [0.15, 0.2) is 30.6 Å². The lowest BCUT2D eigenvalue weighted by Crippen LogP contribution is -2.19. The molecule has 11 heteroatoms. The van der Waals surface area contributed by atoms with Crippen LogP contribution in [0.3, 0.4) is 0 Å². The number of nitrogens with one attached hydrogen (secondary N) is 1. The molecule has 0 radical (unpaired) electrons. The van der Waals surface area contributed by atoms with Gasteiger partial charge in [-0.1, -0.05) is 6.07 Å². The summed E-state index contributed by atoms with van der Waals surface area (Å²) in [6.45, 7) is 2.61. The van der Waals surface area contributed by atoms with Gasteiger partial charge >= 0.3 is 0 Å². The van der Waals surface area contributed by atoms with E-state index in [4.69, 9.17) is 19.4 Å². The molecule has 1 aromatic carbocycles. The molecule has 4 aromatic rings. The topological polar surface area (TPSA) is 109 Å². The molecule has 10 nitrogen and oxygen atoms in total. The first-order chi connectivity index (χ1) is 18.4. The van der Waals surface area contributed by atoms with Crippen molar-refractivity contribution >= 4 is 28.3 Å². The molecule has 3 aromatic heterocycles. The van der Waals surface area contributed by atoms with Crippen LogP contribution in [0.25, 0.3) is 22.6 Å². The van der Waals surface area contributed by atoms with Crippen molar-refractivity contribution in [3.05, 3.63) is 42.1 Å². The molecule has 0 amide bonds. The van der Waals surface area contributed by atoms with Crippen LogP contribution in [-0.4, -0.2) is 55.0 Å². The van der Waals surface area contributed by atoms with E-state index in [0.29, 0.717) is 52.8 Å². The lowest BCUT2D eigenvalue weighted by Gasteiger charge is -2.25. The Morgan fingerprint density at radius 2 is 2.11 bits per heavy atom. The second-order valence-corrected chi connectivity index (χ2v) is 9.94. The van der Waals surface area contributed by atoms with Gasteiger partial charge in [0, 0.05) is 20.1 Å². The van der Waals surface area contributed by atoms with E-state index >= 15 is 0 Å². The number of alkyl halides is 1. The number of ether oxygens (including phenoxy) is 2. The maximum atomic E-state index is 13.6. The number of hydrogen-bond donors (Lipinski definition) is 1. The van der Waals surface area contributed by atoms with E-state index in [2.05, 4.69) is 15.4 Å². The summed E-state index contributed by atoms with van der Waals surface area (Å²) >= 11 is 0. The summed E-state index contributed by atoms with van der Waals surface area (Å²) < 4.78 is 29.1. The fourth-order valence-corrected chi connectivity index (χ4v) is 5.13. The van der Waals surface area contributed by atoms with Gasteiger partial charge in [0.05, 0.1) is 35.7 Å². The summed E-state index contributed by atoms with van der Waals surface area (Å²) in [4.78, 5) is 26.8. The van der Waals surface area contributed by atoms with Crippen LogP contribution in [0.2, 0.25) is 0 Å². The third kappa shape index (κ3) is 4.51. The van der Waals surface area contributed by atoms with Crippen LogP contribution >= 0.6 is 0 Å². The normalized spacial score (nSPS) is 21.0. The predicted molar refractivity (Wildman–Crippen MR) is 139 cm³/mol. The minimum Gasteiger partial charge on any atom is -0.494 e. The van der Waals surface area contributed by atoms with Gasteiger partial charge in [0.1, 0.15) is 35.9 Å². The number of para-hydroxylation sites is 1. The number of pyridine rings is 1. The van der Waals surface area contributed by atoms with Gasteiger partial charge in [0.15, 0.2) is 17.2 Å². The number of Topliss-reactive ketones (excluding diaryl/α,β-unsaturated/α-hetero) is 1. The van der Waals surface area contributed by atoms with E-state index in [1.54, 1.807) is 18.1 Å². The van der Waals surface area contributed by atoms with Gasteiger partial charge in [-0.15, -0.1) is 0 Å². The summed E-state index contributed by atoms with van der Waals surface area (Å²) in [5.74, 6) is 1.23. The van der Waals surface area contributed by atoms with Crippen molar-refractivity contribution in [1.82, 2.24) is 29.3 Å². The lowest BCUT2D eigenvalue weighted by molar-refractivity contribution is -0.120. The number of rotatable bonds is 8. The molecule has 38 heavy (non-hydrogen) atoms. The predicted octanol–water partition coefficient (Wildman–Crippen LogP) is 4.46. The van der Waals surface area contributed by atoms with Gasteiger partial charge in [0.25, 0.3) is 0 Å². The van der Waals surface area contributed by atoms with Crippen LogP contribution in [0.4, 0.5) is 15.8 Å². The number of ketones is 1. The Hall–Kier alpha value is -3.86. The first kappa shape index (κ1) is 24.5. The monoisotopic (exact) mass is 519 g/mol. The minimum atomic E-state index is -1.04. The van der Waals surface area contributed by atoms with Crippen LogP contribution in [-0.2, 0) is 23.0 Å². The summed E-state index contributed by atoms with van der Waals surface area (Å²) in [6, 6.07) is 7.51. The molecule has 1 unspecified atom stereocenters. The third-order valence-corrected chi connectivity index (χ3v) is 7.13. The average molecular weight is 520 g/mol. The highest BCUT2D eigenvalue weighted by Gasteiger charge is 2.43. The van der Waals surface area contributed by atoms with Crippen molar-refractivity contribution in [2.45, 2.75) is 51.4 Å². The molecule has 1 saturated heterocycles. The summed E-state index contributed by atoms with van der Waals surface area (Å²) in [6.07, 6.45) is 3.71. The van der Waals surface area contributed by atoms with Gasteiger partial charge in [-0.2, -0.15) is 5.10 Å². The lowest BCUT2D eigenvalue weighted by atomic mass is 10.1. The fourth-order valence-electron chi connectivity index (χ4n) is 5.13. The van der Waals surface area contributed by atoms with E-state index in [9.17, 15) is 9.18 Å². The quantitative estimate of drug-likeness (QED) is 0.364. The number of hydrogen-bond acceptors (Lipinski definition) is 8. The molecule has 1 aliphatic heterocycles. The maximum Gasteiger partial charge on any atom is 0.184 e. The van der Waals surface area contributed by atoms with Gasteiger partial charge < -0.3 is 14.8 Å². The molecule has 6 rings (SSSR count). The van der Waals surface area contributed by atoms with Gasteiger partial charge in [-0.3, -0.25) is 14.0 Å². The molecule has 2 aliphatic rings. The number of aromatic nitrogens is 6. The highest BCUT2D eigenvalue weighted by molar-refractivity contribution is 5.92. The number of halogens is 1. The number of nitrogens with zero attached hydrogens (tertiary/aromatic N) is 6. The molecule has 1 saturated carbocycles. The van der Waals surface area contributed by atoms with E-state index in [0.717, 1.165) is 30.7 Å². The molecule has 1 aliphatic carbocycles. The number of carbonyl (C=O) groups is 1. The third-order valence-electron chi connectivity index (χ3n) is 7.13. The van der Waals surface area contributed by atoms with Crippen molar-refractivity contribution in [2.24, 2.45) is 13.0 Å². The summed E-state index contributed by atoms with van der Waals surface area (Å²) in [7, 11) is 3.41. The summed E-state index contributed by atoms with van der Waals surface area (Å²) in [5.41, 5.74) is 3.95. The number of imidazole rings is 1. The minimum absolute atomic E-state index is 0.0560. The molecule has 0 spiro atoms. The molecule has 2 fully saturated rings. The van der Waals surface area contributed by atoms with Gasteiger partial charge in [0.2, 0.25) is 0 Å². The SMILES string of the molecule is COc1c(Nc2cc(CC(=O)[C@@H]3C[C@@H]3F)nc3c2nc(C)n3C2CCCCO2)cccc1-c1ncn(C)n1. The van der Waals surface area contributed by atoms with Gasteiger partial charge in [-0.05, 0) is 50.8 Å². The van der Waals surface area contributed by atoms with Crippen molar-refractivity contribution in [3.63, 3.8) is 0 Å². The molecular formula is C27H30FN7O3. The number of aryl methyl sites for hydroxylation is 2. The van der Waals surface area contributed by atoms with Gasteiger partial charge in [-0.25, -0.2) is 19.3 Å². The van der Waals surface area contributed by atoms with E-state index < -0.39 is 12.1 Å². The Morgan fingerprint density at radius 1 is 1.26 bits per heavy atom. The number of carbonyl (C=O) groups excluding carboxylic acids is 1. The number of anilines is 2. The Balaban J connectivity index is 1.44. The molecule has 198 valence electrons. The van der Waals surface area contributed by atoms with Crippen LogP contribution in [0.1, 0.15) is 43.4 Å². The maximum absolute atomic E-state index is 13.6. The standard InChI is InChI=1S/C27H30FN7O3/c1-15-30-24-21(32-20-8-6-7-17(25(20)37-3)26-29-14-34(2)33-26)11-16(12-22(36)18-13-19(18)28)31-27(24)35(15)23-9-4-5-10-38-23/h6-8,11,14,18-19,23H,4-5,9-10,12-13H2,1-3H3,(H,31,32)/t18-,19+,23?/m1/s1. The van der Waals surface area contributed by atoms with Crippen LogP contribution in [0, 0.1) is 12.8 Å². The zero-order valence-corrected chi connectivity index (χ0v) is 21.6.